The summed E-state index contributed by atoms with van der Waals surface area (Å²) in [6.45, 7) is 1.58. The smallest absolute Gasteiger partial charge is 0.332 e. The minimum Gasteiger partial charge on any atom is -0.493 e. The highest BCUT2D eigenvalue weighted by Gasteiger charge is 2.25. The molecule has 1 atom stereocenters. The molecule has 0 fully saturated rings. The molecule has 28 heavy (non-hydrogen) atoms. The van der Waals surface area contributed by atoms with Gasteiger partial charge in [0.2, 0.25) is 5.75 Å². The monoisotopic (exact) mass is 392 g/mol. The molecule has 10 nitrogen and oxygen atoms in total. The van der Waals surface area contributed by atoms with Crippen LogP contribution in [-0.2, 0) is 14.1 Å². The van der Waals surface area contributed by atoms with Gasteiger partial charge in [0, 0.05) is 31.9 Å². The van der Waals surface area contributed by atoms with Gasteiger partial charge in [-0.1, -0.05) is 0 Å². The standard InChI is InChI=1S/C18H24N4O6/c1-9(14(23)13-16(19)21(2)18(25)22(3)17(13)24)20-10-7-11(26-4)15(28-6)12(8-10)27-5/h7-9,20H,19H2,1-6H3/t9-/m0/s1. The van der Waals surface area contributed by atoms with Crippen molar-refractivity contribution < 1.29 is 19.0 Å². The molecule has 0 unspecified atom stereocenters. The number of hydrogen-bond donors (Lipinski definition) is 2. The fourth-order valence-corrected chi connectivity index (χ4v) is 2.79. The Balaban J connectivity index is 2.44. The Morgan fingerprint density at radius 3 is 2.04 bits per heavy atom. The van der Waals surface area contributed by atoms with Crippen molar-refractivity contribution in [1.82, 2.24) is 9.13 Å². The first-order chi connectivity index (χ1) is 13.2. The molecular weight excluding hydrogens is 368 g/mol. The van der Waals surface area contributed by atoms with Crippen LogP contribution in [0, 0.1) is 0 Å². The van der Waals surface area contributed by atoms with Crippen LogP contribution in [0.3, 0.4) is 0 Å². The van der Waals surface area contributed by atoms with E-state index in [0.717, 1.165) is 9.13 Å². The first-order valence-electron chi connectivity index (χ1n) is 8.34. The fraction of sp³-hybridized carbons (Fsp3) is 0.389. The van der Waals surface area contributed by atoms with Crippen LogP contribution >= 0.6 is 0 Å². The molecule has 0 bridgehead atoms. The van der Waals surface area contributed by atoms with Gasteiger partial charge in [0.15, 0.2) is 17.3 Å². The Kier molecular flexibility index (Phi) is 6.02. The zero-order valence-corrected chi connectivity index (χ0v) is 16.7. The number of anilines is 2. The molecule has 0 spiro atoms. The number of nitrogens with one attached hydrogen (secondary N) is 1. The SMILES string of the molecule is COc1cc(N[C@@H](C)C(=O)c2c(N)n(C)c(=O)n(C)c2=O)cc(OC)c1OC. The van der Waals surface area contributed by atoms with Crippen LogP contribution in [0.1, 0.15) is 17.3 Å². The van der Waals surface area contributed by atoms with Crippen molar-refractivity contribution in [2.45, 2.75) is 13.0 Å². The molecule has 1 heterocycles. The largest absolute Gasteiger partial charge is 0.493 e. The lowest BCUT2D eigenvalue weighted by atomic mass is 10.1. The third kappa shape index (κ3) is 3.53. The molecular formula is C18H24N4O6. The van der Waals surface area contributed by atoms with Crippen molar-refractivity contribution in [3.05, 3.63) is 38.5 Å². The van der Waals surface area contributed by atoms with Crippen LogP contribution in [0.25, 0.3) is 0 Å². The van der Waals surface area contributed by atoms with E-state index in [-0.39, 0.29) is 11.4 Å². The molecule has 0 saturated carbocycles. The van der Waals surface area contributed by atoms with Crippen molar-refractivity contribution in [2.75, 3.05) is 32.4 Å². The molecule has 2 aromatic rings. The summed E-state index contributed by atoms with van der Waals surface area (Å²) in [5, 5.41) is 2.99. The second kappa shape index (κ2) is 8.07. The average molecular weight is 392 g/mol. The second-order valence-electron chi connectivity index (χ2n) is 6.11. The molecule has 0 aliphatic carbocycles. The number of hydrogen-bond acceptors (Lipinski definition) is 8. The molecule has 1 aromatic heterocycles. The Morgan fingerprint density at radius 1 is 1.04 bits per heavy atom. The summed E-state index contributed by atoms with van der Waals surface area (Å²) in [4.78, 5) is 37.2. The summed E-state index contributed by atoms with van der Waals surface area (Å²) in [7, 11) is 7.12. The number of ketones is 1. The van der Waals surface area contributed by atoms with Gasteiger partial charge in [-0.2, -0.15) is 0 Å². The van der Waals surface area contributed by atoms with E-state index in [2.05, 4.69) is 5.32 Å². The lowest BCUT2D eigenvalue weighted by Gasteiger charge is -2.19. The third-order valence-electron chi connectivity index (χ3n) is 4.40. The Morgan fingerprint density at radius 2 is 1.57 bits per heavy atom. The maximum Gasteiger partial charge on any atom is 0.332 e. The van der Waals surface area contributed by atoms with Gasteiger partial charge >= 0.3 is 5.69 Å². The van der Waals surface area contributed by atoms with Gasteiger partial charge in [-0.15, -0.1) is 0 Å². The molecule has 1 aromatic carbocycles. The lowest BCUT2D eigenvalue weighted by Crippen LogP contribution is -2.43. The van der Waals surface area contributed by atoms with Crippen molar-refractivity contribution in [2.24, 2.45) is 14.1 Å². The molecule has 3 N–H and O–H groups in total. The number of carbonyl (C=O) groups is 1. The van der Waals surface area contributed by atoms with Gasteiger partial charge in [0.25, 0.3) is 5.56 Å². The van der Waals surface area contributed by atoms with Crippen LogP contribution in [-0.4, -0.2) is 42.3 Å². The first kappa shape index (κ1) is 20.9. The summed E-state index contributed by atoms with van der Waals surface area (Å²) < 4.78 is 17.7. The summed E-state index contributed by atoms with van der Waals surface area (Å²) in [5.74, 6) is 0.480. The lowest BCUT2D eigenvalue weighted by molar-refractivity contribution is 0.0973. The summed E-state index contributed by atoms with van der Waals surface area (Å²) in [5.41, 5.74) is 4.76. The topological polar surface area (TPSA) is 127 Å². The van der Waals surface area contributed by atoms with Crippen LogP contribution in [0.2, 0.25) is 0 Å². The van der Waals surface area contributed by atoms with E-state index in [9.17, 15) is 14.4 Å². The maximum absolute atomic E-state index is 12.9. The molecule has 0 radical (unpaired) electrons. The van der Waals surface area contributed by atoms with Crippen molar-refractivity contribution in [3.8, 4) is 17.2 Å². The number of nitrogens with two attached hydrogens (primary N) is 1. The number of nitrogens with zero attached hydrogens (tertiary/aromatic N) is 2. The van der Waals surface area contributed by atoms with Crippen molar-refractivity contribution in [1.29, 1.82) is 0 Å². The van der Waals surface area contributed by atoms with E-state index in [1.54, 1.807) is 19.1 Å². The van der Waals surface area contributed by atoms with Crippen LogP contribution in [0.15, 0.2) is 21.7 Å². The Labute approximate surface area is 161 Å². The second-order valence-corrected chi connectivity index (χ2v) is 6.11. The Bertz CT molecular complexity index is 999. The van der Waals surface area contributed by atoms with Crippen LogP contribution < -0.4 is 36.5 Å². The quantitative estimate of drug-likeness (QED) is 0.648. The highest BCUT2D eigenvalue weighted by molar-refractivity contribution is 6.04. The number of carbonyl (C=O) groups excluding carboxylic acids is 1. The molecule has 2 rings (SSSR count). The van der Waals surface area contributed by atoms with E-state index < -0.39 is 23.1 Å². The number of rotatable bonds is 7. The predicted molar refractivity (Wildman–Crippen MR) is 105 cm³/mol. The van der Waals surface area contributed by atoms with Gasteiger partial charge in [-0.25, -0.2) is 4.79 Å². The van der Waals surface area contributed by atoms with Gasteiger partial charge < -0.3 is 25.3 Å². The molecule has 0 amide bonds. The minimum absolute atomic E-state index is 0.184. The highest BCUT2D eigenvalue weighted by atomic mass is 16.5. The predicted octanol–water partition coefficient (Wildman–Crippen LogP) is 0.375. The summed E-state index contributed by atoms with van der Waals surface area (Å²) in [6.07, 6.45) is 0. The maximum atomic E-state index is 12.9. The average Bonchev–Trinajstić information content (AvgIpc) is 2.69. The van der Waals surface area contributed by atoms with Gasteiger partial charge in [-0.05, 0) is 6.92 Å². The summed E-state index contributed by atoms with van der Waals surface area (Å²) in [6, 6.07) is 2.44. The number of Topliss-reactive ketones (excluding diaryl/α,β-unsaturated/α-hetero) is 1. The molecule has 152 valence electrons. The van der Waals surface area contributed by atoms with Crippen molar-refractivity contribution in [3.63, 3.8) is 0 Å². The number of ether oxygens (including phenoxy) is 3. The number of nitrogen functional groups attached to an aromatic ring is 1. The van der Waals surface area contributed by atoms with E-state index in [1.807, 2.05) is 0 Å². The summed E-state index contributed by atoms with van der Waals surface area (Å²) >= 11 is 0. The van der Waals surface area contributed by atoms with Crippen LogP contribution in [0.4, 0.5) is 11.5 Å². The zero-order valence-electron chi connectivity index (χ0n) is 16.7. The van der Waals surface area contributed by atoms with Gasteiger partial charge in [0.05, 0.1) is 27.4 Å². The molecule has 0 saturated heterocycles. The highest BCUT2D eigenvalue weighted by Crippen LogP contribution is 2.40. The fourth-order valence-electron chi connectivity index (χ4n) is 2.79. The normalized spacial score (nSPS) is 11.6. The number of methoxy groups -OCH3 is 3. The molecule has 0 aliphatic heterocycles. The molecule has 10 heteroatoms. The third-order valence-corrected chi connectivity index (χ3v) is 4.40. The van der Waals surface area contributed by atoms with E-state index >= 15 is 0 Å². The van der Waals surface area contributed by atoms with E-state index in [1.165, 1.54) is 35.4 Å². The Hall–Kier alpha value is -3.43. The molecule has 0 aliphatic rings. The zero-order chi connectivity index (χ0) is 21.2. The van der Waals surface area contributed by atoms with E-state index in [4.69, 9.17) is 19.9 Å². The van der Waals surface area contributed by atoms with Gasteiger partial charge in [-0.3, -0.25) is 18.7 Å². The number of aromatic nitrogens is 2. The first-order valence-corrected chi connectivity index (χ1v) is 8.34. The van der Waals surface area contributed by atoms with Crippen LogP contribution in [0.5, 0.6) is 17.2 Å². The minimum atomic E-state index is -0.824. The van der Waals surface area contributed by atoms with Gasteiger partial charge in [0.1, 0.15) is 11.4 Å². The van der Waals surface area contributed by atoms with Crippen molar-refractivity contribution >= 4 is 17.3 Å². The van der Waals surface area contributed by atoms with E-state index in [0.29, 0.717) is 22.9 Å². The number of benzene rings is 1.